The lowest BCUT2D eigenvalue weighted by atomic mass is 9.96. The molecule has 1 N–H and O–H groups in total. The number of benzene rings is 1. The fourth-order valence-corrected chi connectivity index (χ4v) is 2.65. The summed E-state index contributed by atoms with van der Waals surface area (Å²) in [6.45, 7) is 3.27. The van der Waals surface area contributed by atoms with Gasteiger partial charge in [0, 0.05) is 18.3 Å². The summed E-state index contributed by atoms with van der Waals surface area (Å²) in [7, 11) is 0. The molecule has 5 heteroatoms. The van der Waals surface area contributed by atoms with Crippen molar-refractivity contribution in [2.45, 2.75) is 19.9 Å². The smallest absolute Gasteiger partial charge is 0.227 e. The molecule has 5 nitrogen and oxygen atoms in total. The zero-order valence-corrected chi connectivity index (χ0v) is 13.1. The van der Waals surface area contributed by atoms with Crippen LogP contribution in [0, 0.1) is 5.92 Å². The second kappa shape index (κ2) is 7.13. The summed E-state index contributed by atoms with van der Waals surface area (Å²) in [6.07, 6.45) is 2.38. The first-order valence-corrected chi connectivity index (χ1v) is 7.83. The van der Waals surface area contributed by atoms with Crippen molar-refractivity contribution in [3.05, 3.63) is 53.7 Å². The second-order valence-corrected chi connectivity index (χ2v) is 5.44. The van der Waals surface area contributed by atoms with E-state index in [1.165, 1.54) is 0 Å². The lowest BCUT2D eigenvalue weighted by molar-refractivity contribution is -0.126. The zero-order valence-electron chi connectivity index (χ0n) is 13.1. The van der Waals surface area contributed by atoms with Crippen LogP contribution in [0.3, 0.4) is 0 Å². The quantitative estimate of drug-likeness (QED) is 0.920. The number of carbonyl (C=O) groups is 1. The van der Waals surface area contributed by atoms with E-state index in [9.17, 15) is 4.79 Å². The van der Waals surface area contributed by atoms with E-state index in [1.807, 2.05) is 43.3 Å². The maximum Gasteiger partial charge on any atom is 0.227 e. The SMILES string of the molecule is CCOc1ncccc1CNC(=O)C1COc2ccccc2C1. The van der Waals surface area contributed by atoms with Crippen molar-refractivity contribution in [3.8, 4) is 11.6 Å². The van der Waals surface area contributed by atoms with Crippen molar-refractivity contribution in [2.75, 3.05) is 13.2 Å². The summed E-state index contributed by atoms with van der Waals surface area (Å²) in [4.78, 5) is 16.6. The molecule has 1 amide bonds. The minimum absolute atomic E-state index is 0.00851. The fraction of sp³-hybridized carbons (Fsp3) is 0.333. The molecule has 0 aliphatic carbocycles. The highest BCUT2D eigenvalue weighted by molar-refractivity contribution is 5.79. The van der Waals surface area contributed by atoms with Crippen LogP contribution in [-0.4, -0.2) is 24.1 Å². The van der Waals surface area contributed by atoms with Gasteiger partial charge in [0.15, 0.2) is 0 Å². The van der Waals surface area contributed by atoms with Gasteiger partial charge in [-0.2, -0.15) is 0 Å². The number of rotatable bonds is 5. The molecular weight excluding hydrogens is 292 g/mol. The zero-order chi connectivity index (χ0) is 16.1. The lowest BCUT2D eigenvalue weighted by Crippen LogP contribution is -2.37. The molecule has 3 rings (SSSR count). The Morgan fingerprint density at radius 3 is 3.09 bits per heavy atom. The van der Waals surface area contributed by atoms with Crippen molar-refractivity contribution >= 4 is 5.91 Å². The predicted octanol–water partition coefficient (Wildman–Crippen LogP) is 2.35. The molecule has 0 saturated heterocycles. The van der Waals surface area contributed by atoms with Crippen molar-refractivity contribution in [1.82, 2.24) is 10.3 Å². The summed E-state index contributed by atoms with van der Waals surface area (Å²) in [5.41, 5.74) is 1.95. The Morgan fingerprint density at radius 2 is 2.22 bits per heavy atom. The number of hydrogen-bond acceptors (Lipinski definition) is 4. The van der Waals surface area contributed by atoms with Gasteiger partial charge in [0.05, 0.1) is 12.5 Å². The minimum atomic E-state index is -0.169. The van der Waals surface area contributed by atoms with E-state index in [2.05, 4.69) is 10.3 Å². The maximum atomic E-state index is 12.4. The minimum Gasteiger partial charge on any atom is -0.492 e. The summed E-state index contributed by atoms with van der Waals surface area (Å²) in [6, 6.07) is 11.6. The third-order valence-corrected chi connectivity index (χ3v) is 3.83. The Balaban J connectivity index is 1.60. The average molecular weight is 312 g/mol. The topological polar surface area (TPSA) is 60.5 Å². The number of nitrogens with one attached hydrogen (secondary N) is 1. The number of para-hydroxylation sites is 1. The van der Waals surface area contributed by atoms with E-state index in [4.69, 9.17) is 9.47 Å². The van der Waals surface area contributed by atoms with Gasteiger partial charge < -0.3 is 14.8 Å². The van der Waals surface area contributed by atoms with E-state index < -0.39 is 0 Å². The highest BCUT2D eigenvalue weighted by Gasteiger charge is 2.25. The first kappa shape index (κ1) is 15.3. The van der Waals surface area contributed by atoms with Crippen LogP contribution in [0.5, 0.6) is 11.6 Å². The molecule has 0 radical (unpaired) electrons. The molecular formula is C18H20N2O3. The Morgan fingerprint density at radius 1 is 1.35 bits per heavy atom. The first-order valence-electron chi connectivity index (χ1n) is 7.83. The predicted molar refractivity (Wildman–Crippen MR) is 86.4 cm³/mol. The van der Waals surface area contributed by atoms with Crippen LogP contribution >= 0.6 is 0 Å². The van der Waals surface area contributed by atoms with Crippen LogP contribution in [-0.2, 0) is 17.8 Å². The molecule has 0 saturated carbocycles. The molecule has 1 unspecified atom stereocenters. The molecule has 0 spiro atoms. The molecule has 2 aromatic rings. The molecule has 1 aliphatic heterocycles. The van der Waals surface area contributed by atoms with Gasteiger partial charge in [-0.15, -0.1) is 0 Å². The highest BCUT2D eigenvalue weighted by atomic mass is 16.5. The summed E-state index contributed by atoms with van der Waals surface area (Å²) in [5.74, 6) is 1.27. The van der Waals surface area contributed by atoms with E-state index in [0.29, 0.717) is 32.1 Å². The molecule has 1 aliphatic rings. The average Bonchev–Trinajstić information content (AvgIpc) is 2.60. The normalized spacial score (nSPS) is 16.1. The van der Waals surface area contributed by atoms with Crippen molar-refractivity contribution < 1.29 is 14.3 Å². The molecule has 2 heterocycles. The number of carbonyl (C=O) groups excluding carboxylic acids is 1. The van der Waals surface area contributed by atoms with Crippen LogP contribution in [0.4, 0.5) is 0 Å². The van der Waals surface area contributed by atoms with Crippen molar-refractivity contribution in [1.29, 1.82) is 0 Å². The van der Waals surface area contributed by atoms with Crippen LogP contribution < -0.4 is 14.8 Å². The molecule has 1 aromatic heterocycles. The Bertz CT molecular complexity index is 687. The van der Waals surface area contributed by atoms with Gasteiger partial charge >= 0.3 is 0 Å². The van der Waals surface area contributed by atoms with Crippen LogP contribution in [0.15, 0.2) is 42.6 Å². The summed E-state index contributed by atoms with van der Waals surface area (Å²) >= 11 is 0. The summed E-state index contributed by atoms with van der Waals surface area (Å²) < 4.78 is 11.1. The van der Waals surface area contributed by atoms with Gasteiger partial charge in [-0.3, -0.25) is 4.79 Å². The molecule has 23 heavy (non-hydrogen) atoms. The van der Waals surface area contributed by atoms with E-state index in [-0.39, 0.29) is 11.8 Å². The van der Waals surface area contributed by atoms with Gasteiger partial charge in [-0.05, 0) is 31.0 Å². The molecule has 0 fully saturated rings. The van der Waals surface area contributed by atoms with Crippen LogP contribution in [0.1, 0.15) is 18.1 Å². The standard InChI is InChI=1S/C18H20N2O3/c1-2-22-18-14(7-5-9-19-18)11-20-17(21)15-10-13-6-3-4-8-16(13)23-12-15/h3-9,15H,2,10-12H2,1H3,(H,20,21). The Kier molecular flexibility index (Phi) is 4.76. The molecule has 1 aromatic carbocycles. The number of aromatic nitrogens is 1. The number of nitrogens with zero attached hydrogens (tertiary/aromatic N) is 1. The van der Waals surface area contributed by atoms with Crippen LogP contribution in [0.2, 0.25) is 0 Å². The van der Waals surface area contributed by atoms with Gasteiger partial charge in [-0.1, -0.05) is 24.3 Å². The third-order valence-electron chi connectivity index (χ3n) is 3.83. The maximum absolute atomic E-state index is 12.4. The molecule has 0 bridgehead atoms. The largest absolute Gasteiger partial charge is 0.492 e. The monoisotopic (exact) mass is 312 g/mol. The first-order chi connectivity index (χ1) is 11.3. The van der Waals surface area contributed by atoms with Crippen molar-refractivity contribution in [2.24, 2.45) is 5.92 Å². The number of amides is 1. The van der Waals surface area contributed by atoms with Crippen molar-refractivity contribution in [3.63, 3.8) is 0 Å². The number of hydrogen-bond donors (Lipinski definition) is 1. The highest BCUT2D eigenvalue weighted by Crippen LogP contribution is 2.27. The van der Waals surface area contributed by atoms with E-state index in [1.54, 1.807) is 6.20 Å². The van der Waals surface area contributed by atoms with E-state index >= 15 is 0 Å². The van der Waals surface area contributed by atoms with Gasteiger partial charge in [0.25, 0.3) is 0 Å². The second-order valence-electron chi connectivity index (χ2n) is 5.44. The van der Waals surface area contributed by atoms with E-state index in [0.717, 1.165) is 16.9 Å². The van der Waals surface area contributed by atoms with Gasteiger partial charge in [0.1, 0.15) is 12.4 Å². The fourth-order valence-electron chi connectivity index (χ4n) is 2.65. The Hall–Kier alpha value is -2.56. The Labute approximate surface area is 135 Å². The van der Waals surface area contributed by atoms with Crippen LogP contribution in [0.25, 0.3) is 0 Å². The molecule has 1 atom stereocenters. The van der Waals surface area contributed by atoms with Gasteiger partial charge in [0.2, 0.25) is 11.8 Å². The number of pyridine rings is 1. The number of fused-ring (bicyclic) bond motifs is 1. The number of ether oxygens (including phenoxy) is 2. The third kappa shape index (κ3) is 3.62. The van der Waals surface area contributed by atoms with Gasteiger partial charge in [-0.25, -0.2) is 4.98 Å². The lowest BCUT2D eigenvalue weighted by Gasteiger charge is -2.24. The summed E-state index contributed by atoms with van der Waals surface area (Å²) in [5, 5.41) is 2.96. The molecule has 120 valence electrons.